The molecular weight excluding hydrogens is 327 g/mol. The number of halogens is 1. The van der Waals surface area contributed by atoms with Crippen LogP contribution in [-0.4, -0.2) is 57.7 Å². The molecule has 134 valence electrons. The van der Waals surface area contributed by atoms with E-state index in [2.05, 4.69) is 10.4 Å². The molecule has 1 fully saturated rings. The van der Waals surface area contributed by atoms with Gasteiger partial charge in [0.15, 0.2) is 0 Å². The topological polar surface area (TPSA) is 79.6 Å². The highest BCUT2D eigenvalue weighted by molar-refractivity contribution is 5.88. The van der Waals surface area contributed by atoms with E-state index in [9.17, 15) is 14.3 Å². The van der Waals surface area contributed by atoms with E-state index in [4.69, 9.17) is 4.74 Å². The Morgan fingerprint density at radius 3 is 3.00 bits per heavy atom. The molecule has 0 aliphatic carbocycles. The van der Waals surface area contributed by atoms with Gasteiger partial charge in [-0.15, -0.1) is 0 Å². The first-order valence-electron chi connectivity index (χ1n) is 8.18. The van der Waals surface area contributed by atoms with E-state index in [0.29, 0.717) is 25.5 Å². The molecule has 1 saturated heterocycles. The Morgan fingerprint density at radius 1 is 1.48 bits per heavy atom. The largest absolute Gasteiger partial charge is 0.388 e. The van der Waals surface area contributed by atoms with Crippen molar-refractivity contribution in [2.45, 2.75) is 25.6 Å². The van der Waals surface area contributed by atoms with Crippen LogP contribution >= 0.6 is 0 Å². The van der Waals surface area contributed by atoms with Gasteiger partial charge in [-0.2, -0.15) is 5.10 Å². The van der Waals surface area contributed by atoms with Crippen LogP contribution in [0.15, 0.2) is 36.5 Å². The van der Waals surface area contributed by atoms with Crippen molar-refractivity contribution in [3.05, 3.63) is 47.9 Å². The fourth-order valence-corrected chi connectivity index (χ4v) is 2.91. The summed E-state index contributed by atoms with van der Waals surface area (Å²) in [5, 5.41) is 16.9. The van der Waals surface area contributed by atoms with Gasteiger partial charge >= 0.3 is 6.03 Å². The van der Waals surface area contributed by atoms with Gasteiger partial charge in [0.1, 0.15) is 11.6 Å². The fourth-order valence-electron chi connectivity index (χ4n) is 2.91. The highest BCUT2D eigenvalue weighted by Crippen LogP contribution is 2.16. The highest BCUT2D eigenvalue weighted by Gasteiger charge is 2.34. The number of amides is 2. The van der Waals surface area contributed by atoms with Crippen molar-refractivity contribution in [1.29, 1.82) is 0 Å². The van der Waals surface area contributed by atoms with Gasteiger partial charge in [0.05, 0.1) is 38.1 Å². The molecule has 0 radical (unpaired) electrons. The fraction of sp³-hybridized carbons (Fsp3) is 0.412. The summed E-state index contributed by atoms with van der Waals surface area (Å²) in [6.45, 7) is 3.15. The van der Waals surface area contributed by atoms with Crippen LogP contribution in [0.4, 0.5) is 15.0 Å². The first-order chi connectivity index (χ1) is 12.1. The van der Waals surface area contributed by atoms with Crippen LogP contribution in [0.2, 0.25) is 0 Å². The molecule has 0 spiro atoms. The Morgan fingerprint density at radius 2 is 2.32 bits per heavy atom. The van der Waals surface area contributed by atoms with Crippen molar-refractivity contribution in [2.75, 3.05) is 25.1 Å². The number of hydrogen-bond donors (Lipinski definition) is 2. The monoisotopic (exact) mass is 348 g/mol. The maximum absolute atomic E-state index is 13.3. The summed E-state index contributed by atoms with van der Waals surface area (Å²) in [4.78, 5) is 14.1. The minimum Gasteiger partial charge on any atom is -0.388 e. The Hall–Kier alpha value is -2.45. The molecule has 8 heteroatoms. The van der Waals surface area contributed by atoms with Crippen LogP contribution < -0.4 is 5.32 Å². The van der Waals surface area contributed by atoms with E-state index >= 15 is 0 Å². The predicted molar refractivity (Wildman–Crippen MR) is 89.7 cm³/mol. The molecular formula is C17H21FN4O3. The summed E-state index contributed by atoms with van der Waals surface area (Å²) in [7, 11) is 0. The summed E-state index contributed by atoms with van der Waals surface area (Å²) in [5.41, 5.74) is 0.742. The summed E-state index contributed by atoms with van der Waals surface area (Å²) in [6.07, 6.45) is 0.876. The minimum atomic E-state index is -0.692. The number of anilines is 1. The second-order valence-corrected chi connectivity index (χ2v) is 5.89. The molecule has 2 atom stereocenters. The minimum absolute atomic E-state index is 0.228. The average Bonchev–Trinajstić information content (AvgIpc) is 3.18. The van der Waals surface area contributed by atoms with Gasteiger partial charge in [0, 0.05) is 12.6 Å². The second-order valence-electron chi connectivity index (χ2n) is 5.89. The molecule has 3 rings (SSSR count). The lowest BCUT2D eigenvalue weighted by molar-refractivity contribution is 0.0999. The van der Waals surface area contributed by atoms with E-state index in [1.54, 1.807) is 29.1 Å². The summed E-state index contributed by atoms with van der Waals surface area (Å²) in [6, 6.07) is 7.20. The van der Waals surface area contributed by atoms with Crippen molar-refractivity contribution in [2.24, 2.45) is 0 Å². The normalized spacial score (nSPS) is 19.8. The van der Waals surface area contributed by atoms with E-state index < -0.39 is 6.10 Å². The molecule has 1 aromatic carbocycles. The number of urea groups is 1. The molecule has 2 aromatic rings. The van der Waals surface area contributed by atoms with Crippen LogP contribution in [0.1, 0.15) is 12.5 Å². The van der Waals surface area contributed by atoms with E-state index in [1.165, 1.54) is 17.0 Å². The van der Waals surface area contributed by atoms with Gasteiger partial charge in [-0.25, -0.2) is 13.9 Å². The quantitative estimate of drug-likeness (QED) is 0.862. The first-order valence-corrected chi connectivity index (χ1v) is 8.18. The number of hydrogen-bond acceptors (Lipinski definition) is 4. The first kappa shape index (κ1) is 17.4. The van der Waals surface area contributed by atoms with Gasteiger partial charge in [-0.1, -0.05) is 12.1 Å². The molecule has 7 nitrogen and oxygen atoms in total. The van der Waals surface area contributed by atoms with Crippen LogP contribution in [0.25, 0.3) is 0 Å². The number of carbonyl (C=O) groups excluding carboxylic acids is 1. The number of benzene rings is 1. The van der Waals surface area contributed by atoms with Gasteiger partial charge in [0.25, 0.3) is 0 Å². The third kappa shape index (κ3) is 3.97. The van der Waals surface area contributed by atoms with Crippen molar-refractivity contribution in [1.82, 2.24) is 14.7 Å². The Kier molecular flexibility index (Phi) is 5.30. The molecule has 2 N–H and O–H groups in total. The van der Waals surface area contributed by atoms with E-state index in [0.717, 1.165) is 5.56 Å². The second kappa shape index (κ2) is 7.62. The van der Waals surface area contributed by atoms with Crippen LogP contribution in [-0.2, 0) is 11.3 Å². The zero-order chi connectivity index (χ0) is 17.8. The Labute approximate surface area is 145 Å². The lowest BCUT2D eigenvalue weighted by atomic mass is 10.2. The molecule has 2 heterocycles. The third-order valence-electron chi connectivity index (χ3n) is 4.20. The van der Waals surface area contributed by atoms with Gasteiger partial charge in [-0.05, 0) is 24.6 Å². The molecule has 1 aliphatic rings. The number of rotatable bonds is 5. The van der Waals surface area contributed by atoms with E-state index in [1.807, 2.05) is 6.92 Å². The number of likely N-dealkylation sites (N-methyl/N-ethyl adjacent to an activating group) is 1. The summed E-state index contributed by atoms with van der Waals surface area (Å²) < 4.78 is 20.1. The number of ether oxygens (including phenoxy) is 1. The SMILES string of the molecule is CCN(C(=O)Nc1ccnn1Cc1cccc(F)c1)[C@H]1COC[C@@H]1O. The van der Waals surface area contributed by atoms with Gasteiger partial charge < -0.3 is 14.7 Å². The lowest BCUT2D eigenvalue weighted by Gasteiger charge is -2.28. The molecule has 0 saturated carbocycles. The highest BCUT2D eigenvalue weighted by atomic mass is 19.1. The average molecular weight is 348 g/mol. The van der Waals surface area contributed by atoms with E-state index in [-0.39, 0.29) is 24.5 Å². The number of aromatic nitrogens is 2. The number of nitrogens with one attached hydrogen (secondary N) is 1. The third-order valence-corrected chi connectivity index (χ3v) is 4.20. The molecule has 0 bridgehead atoms. The molecule has 25 heavy (non-hydrogen) atoms. The number of aliphatic hydroxyl groups is 1. The zero-order valence-corrected chi connectivity index (χ0v) is 13.9. The molecule has 2 amide bonds. The van der Waals surface area contributed by atoms with Crippen molar-refractivity contribution >= 4 is 11.8 Å². The maximum Gasteiger partial charge on any atom is 0.323 e. The smallest absolute Gasteiger partial charge is 0.323 e. The zero-order valence-electron chi connectivity index (χ0n) is 13.9. The van der Waals surface area contributed by atoms with Crippen molar-refractivity contribution in [3.63, 3.8) is 0 Å². The standard InChI is InChI=1S/C17H21FN4O3/c1-2-21(14-10-25-11-15(14)23)17(24)20-16-6-7-19-22(16)9-12-4-3-5-13(18)8-12/h3-8,14-15,23H,2,9-11H2,1H3,(H,20,24)/t14-,15-/m0/s1. The molecule has 1 aromatic heterocycles. The number of aliphatic hydroxyl groups excluding tert-OH is 1. The van der Waals surface area contributed by atoms with Gasteiger partial charge in [0.2, 0.25) is 0 Å². The summed E-state index contributed by atoms with van der Waals surface area (Å²) >= 11 is 0. The van der Waals surface area contributed by atoms with Gasteiger partial charge in [-0.3, -0.25) is 5.32 Å². The molecule has 1 aliphatic heterocycles. The van der Waals surface area contributed by atoms with Crippen LogP contribution in [0.5, 0.6) is 0 Å². The van der Waals surface area contributed by atoms with Crippen LogP contribution in [0.3, 0.4) is 0 Å². The van der Waals surface area contributed by atoms with Crippen molar-refractivity contribution < 1.29 is 19.0 Å². The van der Waals surface area contributed by atoms with Crippen molar-refractivity contribution in [3.8, 4) is 0 Å². The lowest BCUT2D eigenvalue weighted by Crippen LogP contribution is -2.48. The number of nitrogens with zero attached hydrogens (tertiary/aromatic N) is 3. The number of carbonyl (C=O) groups is 1. The summed E-state index contributed by atoms with van der Waals surface area (Å²) in [5.74, 6) is 0.184. The van der Waals surface area contributed by atoms with Crippen LogP contribution in [0, 0.1) is 5.82 Å². The predicted octanol–water partition coefficient (Wildman–Crippen LogP) is 1.68. The Balaban J connectivity index is 1.70. The maximum atomic E-state index is 13.3. The Bertz CT molecular complexity index is 736. The molecule has 0 unspecified atom stereocenters.